The molecule has 0 atom stereocenters. The predicted molar refractivity (Wildman–Crippen MR) is 138 cm³/mol. The van der Waals surface area contributed by atoms with Crippen molar-refractivity contribution in [1.29, 1.82) is 0 Å². The van der Waals surface area contributed by atoms with Gasteiger partial charge in [0.25, 0.3) is 0 Å². The molecule has 0 radical (unpaired) electrons. The van der Waals surface area contributed by atoms with E-state index in [-0.39, 0.29) is 36.7 Å². The number of rotatable bonds is 11. The van der Waals surface area contributed by atoms with Gasteiger partial charge in [0.2, 0.25) is 5.91 Å². The van der Waals surface area contributed by atoms with Crippen LogP contribution in [0.5, 0.6) is 0 Å². The van der Waals surface area contributed by atoms with Crippen LogP contribution in [0.3, 0.4) is 0 Å². The van der Waals surface area contributed by atoms with Crippen LogP contribution in [-0.4, -0.2) is 67.7 Å². The molecule has 2 heterocycles. The molecular weight excluding hydrogens is 444 g/mol. The maximum atomic E-state index is 13.4. The zero-order valence-electron chi connectivity index (χ0n) is 21.5. The molecule has 1 aromatic carbocycles. The van der Waals surface area contributed by atoms with Crippen LogP contribution in [-0.2, 0) is 16.1 Å². The van der Waals surface area contributed by atoms with Gasteiger partial charge in [-0.1, -0.05) is 45.9 Å². The van der Waals surface area contributed by atoms with E-state index >= 15 is 0 Å². The summed E-state index contributed by atoms with van der Waals surface area (Å²) >= 11 is 0. The average Bonchev–Trinajstić information content (AvgIpc) is 3.35. The molecule has 8 nitrogen and oxygen atoms in total. The molecule has 1 aliphatic rings. The number of hydrogen-bond acceptors (Lipinski definition) is 5. The first-order valence-electron chi connectivity index (χ1n) is 12.6. The Bertz CT molecular complexity index is 910. The van der Waals surface area contributed by atoms with Gasteiger partial charge in [-0.15, -0.1) is 0 Å². The monoisotopic (exact) mass is 484 g/mol. The molecule has 2 aromatic rings. The zero-order valence-corrected chi connectivity index (χ0v) is 21.5. The van der Waals surface area contributed by atoms with E-state index in [0.717, 1.165) is 49.7 Å². The normalized spacial score (nSPS) is 14.3. The fourth-order valence-corrected chi connectivity index (χ4v) is 4.23. The van der Waals surface area contributed by atoms with Crippen LogP contribution in [0.4, 0.5) is 10.5 Å². The molecule has 8 heteroatoms. The highest BCUT2D eigenvalue weighted by atomic mass is 16.5. The number of nitrogens with one attached hydrogen (secondary N) is 2. The Kier molecular flexibility index (Phi) is 10.2. The van der Waals surface area contributed by atoms with Crippen LogP contribution in [0.25, 0.3) is 0 Å². The molecule has 3 rings (SSSR count). The van der Waals surface area contributed by atoms with Crippen LogP contribution in [0.1, 0.15) is 62.8 Å². The average molecular weight is 485 g/mol. The second-order valence-corrected chi connectivity index (χ2v) is 9.61. The first-order valence-corrected chi connectivity index (χ1v) is 12.6. The largest absolute Gasteiger partial charge is 0.467 e. The summed E-state index contributed by atoms with van der Waals surface area (Å²) in [7, 11) is 0. The minimum atomic E-state index is -0.238. The fourth-order valence-electron chi connectivity index (χ4n) is 4.23. The molecule has 1 fully saturated rings. The van der Waals surface area contributed by atoms with Crippen LogP contribution < -0.4 is 10.6 Å². The number of carbonyl (C=O) groups is 2. The molecule has 1 aliphatic heterocycles. The molecule has 3 amide bonds. The minimum absolute atomic E-state index is 0.0686. The molecule has 35 heavy (non-hydrogen) atoms. The Morgan fingerprint density at radius 3 is 2.31 bits per heavy atom. The van der Waals surface area contributed by atoms with E-state index in [1.807, 2.05) is 12.1 Å². The second-order valence-electron chi connectivity index (χ2n) is 9.61. The highest BCUT2D eigenvalue weighted by Crippen LogP contribution is 2.32. The van der Waals surface area contributed by atoms with Crippen molar-refractivity contribution in [3.05, 3.63) is 53.5 Å². The number of nitrogens with zero attached hydrogens (tertiary/aromatic N) is 2. The maximum absolute atomic E-state index is 13.4. The molecule has 0 unspecified atom stereocenters. The Hall–Kier alpha value is -2.84. The van der Waals surface area contributed by atoms with E-state index in [4.69, 9.17) is 9.15 Å². The van der Waals surface area contributed by atoms with Crippen LogP contribution >= 0.6 is 0 Å². The lowest BCUT2D eigenvalue weighted by Crippen LogP contribution is -2.42. The van der Waals surface area contributed by atoms with Crippen molar-refractivity contribution < 1.29 is 18.7 Å². The van der Waals surface area contributed by atoms with Crippen molar-refractivity contribution >= 4 is 17.6 Å². The van der Waals surface area contributed by atoms with Crippen LogP contribution in [0.15, 0.2) is 41.0 Å². The van der Waals surface area contributed by atoms with E-state index in [0.29, 0.717) is 18.8 Å². The smallest absolute Gasteiger partial charge is 0.322 e. The number of morpholine rings is 1. The summed E-state index contributed by atoms with van der Waals surface area (Å²) in [6.07, 6.45) is 1.81. The topological polar surface area (TPSA) is 87.1 Å². The van der Waals surface area contributed by atoms with Gasteiger partial charge in [-0.2, -0.15) is 0 Å². The number of urea groups is 1. The summed E-state index contributed by atoms with van der Waals surface area (Å²) < 4.78 is 10.8. The molecular formula is C27H40N4O4. The number of ether oxygens (including phenoxy) is 1. The van der Waals surface area contributed by atoms with Crippen molar-refractivity contribution in [2.45, 2.75) is 52.5 Å². The van der Waals surface area contributed by atoms with Gasteiger partial charge in [0, 0.05) is 44.8 Å². The van der Waals surface area contributed by atoms with E-state index in [9.17, 15) is 9.59 Å². The first-order chi connectivity index (χ1) is 16.8. The quantitative estimate of drug-likeness (QED) is 0.494. The molecule has 1 saturated heterocycles. The number of anilines is 1. The van der Waals surface area contributed by atoms with Crippen molar-refractivity contribution in [3.8, 4) is 0 Å². The first kappa shape index (κ1) is 26.8. The number of amides is 3. The number of furan rings is 1. The Balaban J connectivity index is 1.63. The van der Waals surface area contributed by atoms with Crippen LogP contribution in [0, 0.1) is 0 Å². The van der Waals surface area contributed by atoms with Gasteiger partial charge in [-0.05, 0) is 35.1 Å². The van der Waals surface area contributed by atoms with E-state index in [1.165, 1.54) is 0 Å². The van der Waals surface area contributed by atoms with Gasteiger partial charge < -0.3 is 24.7 Å². The van der Waals surface area contributed by atoms with E-state index < -0.39 is 0 Å². The Morgan fingerprint density at radius 2 is 1.71 bits per heavy atom. The molecule has 2 N–H and O–H groups in total. The molecule has 192 valence electrons. The lowest BCUT2D eigenvalue weighted by Gasteiger charge is -2.27. The number of hydrogen-bond donors (Lipinski definition) is 2. The highest BCUT2D eigenvalue weighted by Gasteiger charge is 2.21. The fraction of sp³-hybridized carbons (Fsp3) is 0.556. The third-order valence-corrected chi connectivity index (χ3v) is 6.28. The lowest BCUT2D eigenvalue weighted by molar-refractivity contribution is -0.121. The number of benzene rings is 1. The van der Waals surface area contributed by atoms with E-state index in [2.05, 4.69) is 55.4 Å². The SMILES string of the molecule is CC(C)c1cccc(C(C)C)c1NC(=O)N(CCC(=O)NCCN1CCOCC1)Cc1ccco1. The van der Waals surface area contributed by atoms with Gasteiger partial charge in [-0.3, -0.25) is 9.69 Å². The minimum Gasteiger partial charge on any atom is -0.467 e. The summed E-state index contributed by atoms with van der Waals surface area (Å²) in [5.74, 6) is 1.13. The van der Waals surface area contributed by atoms with Gasteiger partial charge in [0.15, 0.2) is 0 Å². The van der Waals surface area contributed by atoms with Crippen LogP contribution in [0.2, 0.25) is 0 Å². The van der Waals surface area contributed by atoms with Crippen molar-refractivity contribution in [1.82, 2.24) is 15.1 Å². The molecule has 1 aromatic heterocycles. The van der Waals surface area contributed by atoms with Gasteiger partial charge in [0.05, 0.1) is 26.0 Å². The third kappa shape index (κ3) is 8.11. The standard InChI is InChI=1S/C27H40N4O4/c1-20(2)23-8-5-9-24(21(3)4)26(23)29-27(33)31(19-22-7-6-16-35-22)12-10-25(32)28-11-13-30-14-17-34-18-15-30/h5-9,16,20-21H,10-15,17-19H2,1-4H3,(H,28,32)(H,29,33). The number of carbonyl (C=O) groups excluding carboxylic acids is 2. The summed E-state index contributed by atoms with van der Waals surface area (Å²) in [5.41, 5.74) is 3.06. The van der Waals surface area contributed by atoms with E-state index in [1.54, 1.807) is 17.2 Å². The lowest BCUT2D eigenvalue weighted by atomic mass is 9.93. The van der Waals surface area contributed by atoms with Gasteiger partial charge in [0.1, 0.15) is 5.76 Å². The summed E-state index contributed by atoms with van der Waals surface area (Å²) in [6, 6.07) is 9.56. The molecule has 0 aliphatic carbocycles. The highest BCUT2D eigenvalue weighted by molar-refractivity contribution is 5.91. The van der Waals surface area contributed by atoms with Gasteiger partial charge in [-0.25, -0.2) is 4.79 Å². The summed E-state index contributed by atoms with van der Waals surface area (Å²) in [6.45, 7) is 13.7. The second kappa shape index (κ2) is 13.3. The molecule has 0 spiro atoms. The molecule has 0 saturated carbocycles. The Morgan fingerprint density at radius 1 is 1.03 bits per heavy atom. The van der Waals surface area contributed by atoms with Crippen molar-refractivity contribution in [2.75, 3.05) is 51.3 Å². The summed E-state index contributed by atoms with van der Waals surface area (Å²) in [5, 5.41) is 6.14. The zero-order chi connectivity index (χ0) is 25.2. The van der Waals surface area contributed by atoms with Crippen molar-refractivity contribution in [3.63, 3.8) is 0 Å². The molecule has 0 bridgehead atoms. The summed E-state index contributed by atoms with van der Waals surface area (Å²) in [4.78, 5) is 29.9. The third-order valence-electron chi connectivity index (χ3n) is 6.28. The Labute approximate surface area is 209 Å². The predicted octanol–water partition coefficient (Wildman–Crippen LogP) is 4.40. The number of para-hydroxylation sites is 1. The van der Waals surface area contributed by atoms with Crippen molar-refractivity contribution in [2.24, 2.45) is 0 Å². The van der Waals surface area contributed by atoms with Gasteiger partial charge >= 0.3 is 6.03 Å². The maximum Gasteiger partial charge on any atom is 0.322 e.